The number of halogens is 2. The fraction of sp³-hybridized carbons (Fsp3) is 0.0833. The number of anilines is 3. The summed E-state index contributed by atoms with van der Waals surface area (Å²) in [6.07, 6.45) is 1.52. The van der Waals surface area contributed by atoms with Crippen LogP contribution in [-0.4, -0.2) is 27.0 Å². The second-order valence-corrected chi connectivity index (χ2v) is 4.91. The second kappa shape index (κ2) is 5.04. The van der Waals surface area contributed by atoms with Crippen molar-refractivity contribution in [1.29, 1.82) is 0 Å². The number of nitrogens with zero attached hydrogens (tertiary/aromatic N) is 3. The first-order chi connectivity index (χ1) is 9.67. The van der Waals surface area contributed by atoms with Crippen LogP contribution >= 0.6 is 15.9 Å². The number of hydrogen-bond acceptors (Lipinski definition) is 5. The maximum atomic E-state index is 13.8. The zero-order chi connectivity index (χ0) is 14.1. The van der Waals surface area contributed by atoms with Gasteiger partial charge < -0.3 is 15.6 Å². The SMILES string of the molecule is CNc1nc(Nc2cc(Br)ccc2F)c2[nH]cnc2n1. The normalized spacial score (nSPS) is 10.8. The molecule has 0 saturated heterocycles. The van der Waals surface area contributed by atoms with Gasteiger partial charge in [-0.2, -0.15) is 9.97 Å². The molecule has 2 aromatic heterocycles. The summed E-state index contributed by atoms with van der Waals surface area (Å²) >= 11 is 3.31. The Bertz CT molecular complexity index is 772. The first-order valence-corrected chi connectivity index (χ1v) is 6.57. The summed E-state index contributed by atoms with van der Waals surface area (Å²) in [5.74, 6) is 0.488. The largest absolute Gasteiger partial charge is 0.357 e. The molecule has 2 heterocycles. The second-order valence-electron chi connectivity index (χ2n) is 4.00. The summed E-state index contributed by atoms with van der Waals surface area (Å²) in [5, 5.41) is 5.79. The lowest BCUT2D eigenvalue weighted by molar-refractivity contribution is 0.631. The Kier molecular flexibility index (Phi) is 3.23. The van der Waals surface area contributed by atoms with Crippen LogP contribution in [0.2, 0.25) is 0 Å². The Balaban J connectivity index is 2.09. The summed E-state index contributed by atoms with van der Waals surface area (Å²) < 4.78 is 14.6. The van der Waals surface area contributed by atoms with Crippen molar-refractivity contribution in [3.63, 3.8) is 0 Å². The van der Waals surface area contributed by atoms with Gasteiger partial charge in [-0.05, 0) is 18.2 Å². The molecule has 3 N–H and O–H groups in total. The lowest BCUT2D eigenvalue weighted by Gasteiger charge is -2.09. The molecule has 0 bridgehead atoms. The highest BCUT2D eigenvalue weighted by Crippen LogP contribution is 2.26. The number of aromatic nitrogens is 4. The van der Waals surface area contributed by atoms with Crippen molar-refractivity contribution in [3.8, 4) is 0 Å². The Labute approximate surface area is 122 Å². The van der Waals surface area contributed by atoms with Gasteiger partial charge in [0, 0.05) is 11.5 Å². The van der Waals surface area contributed by atoms with Gasteiger partial charge in [0.2, 0.25) is 5.95 Å². The molecule has 102 valence electrons. The van der Waals surface area contributed by atoms with Gasteiger partial charge in [-0.15, -0.1) is 0 Å². The molecule has 0 aliphatic heterocycles. The van der Waals surface area contributed by atoms with E-state index in [1.54, 1.807) is 19.2 Å². The van der Waals surface area contributed by atoms with Gasteiger partial charge in [0.15, 0.2) is 11.5 Å². The Morgan fingerprint density at radius 3 is 2.95 bits per heavy atom. The van der Waals surface area contributed by atoms with Crippen molar-refractivity contribution in [3.05, 3.63) is 34.8 Å². The minimum atomic E-state index is -0.370. The molecule has 3 aromatic rings. The highest BCUT2D eigenvalue weighted by molar-refractivity contribution is 9.10. The predicted octanol–water partition coefficient (Wildman–Crippen LogP) is 3.04. The third-order valence-electron chi connectivity index (χ3n) is 2.69. The number of aromatic amines is 1. The number of rotatable bonds is 3. The molecule has 0 aliphatic rings. The first-order valence-electron chi connectivity index (χ1n) is 5.78. The maximum absolute atomic E-state index is 13.8. The molecule has 0 unspecified atom stereocenters. The predicted molar refractivity (Wildman–Crippen MR) is 78.6 cm³/mol. The van der Waals surface area contributed by atoms with Crippen molar-refractivity contribution >= 4 is 44.5 Å². The number of imidazole rings is 1. The van der Waals surface area contributed by atoms with Gasteiger partial charge in [0.05, 0.1) is 12.0 Å². The van der Waals surface area contributed by atoms with E-state index in [1.165, 1.54) is 12.4 Å². The van der Waals surface area contributed by atoms with Crippen molar-refractivity contribution < 1.29 is 4.39 Å². The molecule has 0 fully saturated rings. The third-order valence-corrected chi connectivity index (χ3v) is 3.18. The van der Waals surface area contributed by atoms with Crippen molar-refractivity contribution in [1.82, 2.24) is 19.9 Å². The van der Waals surface area contributed by atoms with E-state index < -0.39 is 0 Å². The lowest BCUT2D eigenvalue weighted by Crippen LogP contribution is -2.02. The third kappa shape index (κ3) is 2.29. The van der Waals surface area contributed by atoms with Gasteiger partial charge in [0.25, 0.3) is 0 Å². The highest BCUT2D eigenvalue weighted by Gasteiger charge is 2.11. The van der Waals surface area contributed by atoms with Crippen LogP contribution in [-0.2, 0) is 0 Å². The van der Waals surface area contributed by atoms with Crippen LogP contribution in [0.3, 0.4) is 0 Å². The van der Waals surface area contributed by atoms with Gasteiger partial charge in [-0.25, -0.2) is 9.37 Å². The molecule has 0 amide bonds. The number of fused-ring (bicyclic) bond motifs is 1. The van der Waals surface area contributed by atoms with E-state index in [9.17, 15) is 4.39 Å². The van der Waals surface area contributed by atoms with Crippen LogP contribution in [0, 0.1) is 5.82 Å². The van der Waals surface area contributed by atoms with Crippen LogP contribution in [0.25, 0.3) is 11.2 Å². The van der Waals surface area contributed by atoms with E-state index in [4.69, 9.17) is 0 Å². The molecular formula is C12H10BrFN6. The van der Waals surface area contributed by atoms with E-state index >= 15 is 0 Å². The number of H-pyrrole nitrogens is 1. The van der Waals surface area contributed by atoms with Crippen molar-refractivity contribution in [2.75, 3.05) is 17.7 Å². The van der Waals surface area contributed by atoms with Crippen molar-refractivity contribution in [2.45, 2.75) is 0 Å². The van der Waals surface area contributed by atoms with Crippen LogP contribution in [0.5, 0.6) is 0 Å². The fourth-order valence-corrected chi connectivity index (χ4v) is 2.12. The van der Waals surface area contributed by atoms with Crippen LogP contribution < -0.4 is 10.6 Å². The Hall–Kier alpha value is -2.22. The van der Waals surface area contributed by atoms with Gasteiger partial charge in [-0.3, -0.25) is 0 Å². The van der Waals surface area contributed by atoms with Gasteiger partial charge in [0.1, 0.15) is 11.3 Å². The smallest absolute Gasteiger partial charge is 0.226 e. The zero-order valence-electron chi connectivity index (χ0n) is 10.4. The fourth-order valence-electron chi connectivity index (χ4n) is 1.76. The van der Waals surface area contributed by atoms with Gasteiger partial charge in [-0.1, -0.05) is 15.9 Å². The van der Waals surface area contributed by atoms with Gasteiger partial charge >= 0.3 is 0 Å². The summed E-state index contributed by atoms with van der Waals surface area (Å²) in [7, 11) is 1.71. The minimum Gasteiger partial charge on any atom is -0.357 e. The van der Waals surface area contributed by atoms with Crippen LogP contribution in [0.1, 0.15) is 0 Å². The molecule has 0 radical (unpaired) electrons. The molecule has 1 aromatic carbocycles. The van der Waals surface area contributed by atoms with E-state index in [1.807, 2.05) is 0 Å². The number of benzene rings is 1. The first kappa shape index (κ1) is 12.8. The maximum Gasteiger partial charge on any atom is 0.226 e. The van der Waals surface area contributed by atoms with E-state index in [0.717, 1.165) is 4.47 Å². The average molecular weight is 337 g/mol. The summed E-state index contributed by atoms with van der Waals surface area (Å²) in [6.45, 7) is 0. The molecule has 20 heavy (non-hydrogen) atoms. The molecule has 3 rings (SSSR count). The topological polar surface area (TPSA) is 78.5 Å². The number of nitrogens with one attached hydrogen (secondary N) is 3. The minimum absolute atomic E-state index is 0.316. The Morgan fingerprint density at radius 1 is 1.30 bits per heavy atom. The van der Waals surface area contributed by atoms with E-state index in [2.05, 4.69) is 46.5 Å². The quantitative estimate of drug-likeness (QED) is 0.685. The molecule has 6 nitrogen and oxygen atoms in total. The summed E-state index contributed by atoms with van der Waals surface area (Å²) in [6, 6.07) is 4.64. The monoisotopic (exact) mass is 336 g/mol. The van der Waals surface area contributed by atoms with Crippen LogP contribution in [0.15, 0.2) is 29.0 Å². The molecule has 0 spiro atoms. The lowest BCUT2D eigenvalue weighted by atomic mass is 10.3. The number of hydrogen-bond donors (Lipinski definition) is 3. The van der Waals surface area contributed by atoms with E-state index in [0.29, 0.717) is 28.6 Å². The molecule has 8 heteroatoms. The van der Waals surface area contributed by atoms with E-state index in [-0.39, 0.29) is 5.82 Å². The molecule has 0 atom stereocenters. The average Bonchev–Trinajstić information content (AvgIpc) is 2.91. The summed E-state index contributed by atoms with van der Waals surface area (Å²) in [5.41, 5.74) is 1.43. The Morgan fingerprint density at radius 2 is 2.15 bits per heavy atom. The zero-order valence-corrected chi connectivity index (χ0v) is 12.0. The summed E-state index contributed by atoms with van der Waals surface area (Å²) in [4.78, 5) is 15.5. The molecular weight excluding hydrogens is 327 g/mol. The highest BCUT2D eigenvalue weighted by atomic mass is 79.9. The van der Waals surface area contributed by atoms with Crippen molar-refractivity contribution in [2.24, 2.45) is 0 Å². The van der Waals surface area contributed by atoms with Crippen LogP contribution in [0.4, 0.5) is 21.8 Å². The molecule has 0 aliphatic carbocycles. The molecule has 0 saturated carbocycles. The standard InChI is InChI=1S/C12H10BrFN6/c1-15-12-19-10-9(16-5-17-10)11(20-12)18-8-4-6(13)2-3-7(8)14/h2-5H,1H3,(H3,15,16,17,18,19,20).